The zero-order valence-corrected chi connectivity index (χ0v) is 16.9. The molecule has 1 rings (SSSR count). The smallest absolute Gasteiger partial charge is 0.120 e. The summed E-state index contributed by atoms with van der Waals surface area (Å²) in [4.78, 5) is 2.31. The number of thioether (sulfide) groups is 1. The largest absolute Gasteiger partial charge is 0.497 e. The van der Waals surface area contributed by atoms with Gasteiger partial charge in [0.2, 0.25) is 0 Å². The average molecular weight is 371 g/mol. The molecule has 26 heavy (non-hydrogen) atoms. The van der Waals surface area contributed by atoms with Gasteiger partial charge in [0, 0.05) is 9.80 Å². The highest BCUT2D eigenvalue weighted by Gasteiger charge is 2.03. The molecule has 1 nitrogen and oxygen atoms in total. The van der Waals surface area contributed by atoms with Crippen molar-refractivity contribution in [1.29, 1.82) is 0 Å². The van der Waals surface area contributed by atoms with Crippen LogP contribution in [-0.2, 0) is 0 Å². The van der Waals surface area contributed by atoms with E-state index in [9.17, 15) is 4.39 Å². The molecule has 0 amide bonds. The molecule has 0 aliphatic carbocycles. The molecule has 1 aromatic carbocycles. The lowest BCUT2D eigenvalue weighted by molar-refractivity contribution is 0.413. The number of hydrogen-bond acceptors (Lipinski definition) is 2. The maximum absolute atomic E-state index is 13.2. The van der Waals surface area contributed by atoms with E-state index in [1.165, 1.54) is 22.6 Å². The predicted molar refractivity (Wildman–Crippen MR) is 113 cm³/mol. The molecule has 0 radical (unpaired) electrons. The van der Waals surface area contributed by atoms with Gasteiger partial charge in [-0.25, -0.2) is 4.39 Å². The summed E-state index contributed by atoms with van der Waals surface area (Å²) >= 11 is 1.70. The minimum Gasteiger partial charge on any atom is -0.497 e. The topological polar surface area (TPSA) is 9.23 Å². The Morgan fingerprint density at radius 2 is 1.69 bits per heavy atom. The van der Waals surface area contributed by atoms with E-state index in [4.69, 9.17) is 4.74 Å². The number of hydrogen-bond donors (Lipinski definition) is 0. The fourth-order valence-electron chi connectivity index (χ4n) is 1.97. The van der Waals surface area contributed by atoms with Crippen LogP contribution in [0.3, 0.4) is 0 Å². The summed E-state index contributed by atoms with van der Waals surface area (Å²) in [5.74, 6) is 0.616. The molecule has 0 aliphatic heterocycles. The lowest BCUT2D eigenvalue weighted by atomic mass is 10.2. The van der Waals surface area contributed by atoms with Crippen molar-refractivity contribution in [2.24, 2.45) is 0 Å². The third kappa shape index (κ3) is 7.75. The highest BCUT2D eigenvalue weighted by molar-refractivity contribution is 8.03. The van der Waals surface area contributed by atoms with Crippen LogP contribution >= 0.6 is 11.8 Å². The number of aryl methyl sites for hydroxylation is 1. The zero-order chi connectivity index (χ0) is 19.4. The van der Waals surface area contributed by atoms with Crippen LogP contribution in [0.5, 0.6) is 5.75 Å². The van der Waals surface area contributed by atoms with Crippen LogP contribution in [0, 0.1) is 6.92 Å². The molecule has 1 aromatic rings. The van der Waals surface area contributed by atoms with Gasteiger partial charge in [-0.2, -0.15) is 0 Å². The summed E-state index contributed by atoms with van der Waals surface area (Å²) in [6.07, 6.45) is 16.6. The second-order valence-electron chi connectivity index (χ2n) is 5.44. The predicted octanol–water partition coefficient (Wildman–Crippen LogP) is 7.49. The van der Waals surface area contributed by atoms with Crippen LogP contribution in [0.2, 0.25) is 0 Å². The molecule has 0 saturated heterocycles. The Kier molecular flexibility index (Phi) is 10.2. The summed E-state index contributed by atoms with van der Waals surface area (Å²) in [6.45, 7) is 7.72. The van der Waals surface area contributed by atoms with E-state index in [-0.39, 0.29) is 5.83 Å². The lowest BCUT2D eigenvalue weighted by Crippen LogP contribution is -1.85. The first-order chi connectivity index (χ1) is 12.5. The van der Waals surface area contributed by atoms with E-state index >= 15 is 0 Å². The van der Waals surface area contributed by atoms with Crippen LogP contribution in [0.15, 0.2) is 94.1 Å². The molecule has 0 unspecified atom stereocenters. The van der Waals surface area contributed by atoms with Gasteiger partial charge in [-0.15, -0.1) is 0 Å². The van der Waals surface area contributed by atoms with E-state index in [1.807, 2.05) is 50.3 Å². The van der Waals surface area contributed by atoms with Gasteiger partial charge < -0.3 is 4.74 Å². The van der Waals surface area contributed by atoms with E-state index in [1.54, 1.807) is 31.9 Å². The Morgan fingerprint density at radius 3 is 2.31 bits per heavy atom. The first kappa shape index (κ1) is 21.8. The van der Waals surface area contributed by atoms with E-state index in [0.29, 0.717) is 0 Å². The van der Waals surface area contributed by atoms with Crippen molar-refractivity contribution in [3.63, 3.8) is 0 Å². The fourth-order valence-corrected chi connectivity index (χ4v) is 2.89. The zero-order valence-electron chi connectivity index (χ0n) is 16.1. The summed E-state index contributed by atoms with van der Waals surface area (Å²) < 4.78 is 18.5. The van der Waals surface area contributed by atoms with Crippen molar-refractivity contribution < 1.29 is 9.13 Å². The van der Waals surface area contributed by atoms with Gasteiger partial charge >= 0.3 is 0 Å². The number of methoxy groups -OCH3 is 1. The molecule has 0 aliphatic rings. The molecule has 0 bridgehead atoms. The van der Waals surface area contributed by atoms with Crippen molar-refractivity contribution in [2.45, 2.75) is 32.6 Å². The van der Waals surface area contributed by atoms with Gasteiger partial charge in [-0.3, -0.25) is 0 Å². The number of halogens is 1. The van der Waals surface area contributed by atoms with Gasteiger partial charge in [0.15, 0.2) is 0 Å². The van der Waals surface area contributed by atoms with Crippen molar-refractivity contribution in [2.75, 3.05) is 7.11 Å². The van der Waals surface area contributed by atoms with E-state index in [0.717, 1.165) is 16.2 Å². The molecule has 0 saturated carbocycles. The lowest BCUT2D eigenvalue weighted by Gasteiger charge is -2.08. The van der Waals surface area contributed by atoms with E-state index in [2.05, 4.69) is 25.1 Å². The molecule has 3 heteroatoms. The standard InChI is InChI=1S/C23H27FOS/c1-6-19(14-15-20(24)7-2)11-9-10-12-22(8-3)26-23-17-21(25-5)16-13-18(23)4/h6-17H,1-5H3/b11-9+,12-10+,15-14-,19-6-,20-7+,22-8-. The van der Waals surface area contributed by atoms with Crippen molar-refractivity contribution in [3.05, 3.63) is 94.8 Å². The molecule has 138 valence electrons. The highest BCUT2D eigenvalue weighted by atomic mass is 32.2. The fraction of sp³-hybridized carbons (Fsp3) is 0.217. The van der Waals surface area contributed by atoms with Gasteiger partial charge in [0.05, 0.1) is 7.11 Å². The summed E-state index contributed by atoms with van der Waals surface area (Å²) in [7, 11) is 1.68. The molecule has 0 N–H and O–H groups in total. The number of benzene rings is 1. The minimum absolute atomic E-state index is 0.241. The summed E-state index contributed by atoms with van der Waals surface area (Å²) in [6, 6.07) is 6.08. The first-order valence-electron chi connectivity index (χ1n) is 8.53. The summed E-state index contributed by atoms with van der Waals surface area (Å²) in [5.41, 5.74) is 2.16. The van der Waals surface area contributed by atoms with Crippen LogP contribution in [0.1, 0.15) is 26.3 Å². The Labute approximate surface area is 161 Å². The Morgan fingerprint density at radius 1 is 0.962 bits per heavy atom. The van der Waals surface area contributed by atoms with Gasteiger partial charge in [-0.05, 0) is 63.1 Å². The molecule has 0 fully saturated rings. The first-order valence-corrected chi connectivity index (χ1v) is 9.35. The quantitative estimate of drug-likeness (QED) is 0.346. The molecule has 0 spiro atoms. The Hall–Kier alpha value is -2.26. The van der Waals surface area contributed by atoms with Gasteiger partial charge in [0.1, 0.15) is 11.6 Å². The maximum atomic E-state index is 13.2. The average Bonchev–Trinajstić information content (AvgIpc) is 2.67. The van der Waals surface area contributed by atoms with Crippen molar-refractivity contribution in [3.8, 4) is 5.75 Å². The molecule has 0 atom stereocenters. The minimum atomic E-state index is -0.241. The van der Waals surface area contributed by atoms with Crippen LogP contribution < -0.4 is 4.74 Å². The van der Waals surface area contributed by atoms with Crippen molar-refractivity contribution in [1.82, 2.24) is 0 Å². The molecular weight excluding hydrogens is 343 g/mol. The third-order valence-electron chi connectivity index (χ3n) is 3.61. The molecular formula is C23H27FOS. The van der Waals surface area contributed by atoms with Crippen LogP contribution in [-0.4, -0.2) is 7.11 Å². The SMILES string of the molecule is C/C=C(\C=C/C(F)=C\C)/C=C/C=C/C(=C/C)Sc1cc(OC)ccc1C. The highest BCUT2D eigenvalue weighted by Crippen LogP contribution is 2.32. The molecule has 0 heterocycles. The monoisotopic (exact) mass is 370 g/mol. The number of rotatable bonds is 8. The second kappa shape index (κ2) is 12.2. The van der Waals surface area contributed by atoms with E-state index < -0.39 is 0 Å². The second-order valence-corrected chi connectivity index (χ2v) is 6.55. The van der Waals surface area contributed by atoms with Crippen LogP contribution in [0.25, 0.3) is 0 Å². The van der Waals surface area contributed by atoms with Crippen molar-refractivity contribution >= 4 is 11.8 Å². The van der Waals surface area contributed by atoms with Gasteiger partial charge in [0.25, 0.3) is 0 Å². The molecule has 0 aromatic heterocycles. The third-order valence-corrected chi connectivity index (χ3v) is 4.88. The number of ether oxygens (including phenoxy) is 1. The van der Waals surface area contributed by atoms with Gasteiger partial charge in [-0.1, -0.05) is 60.4 Å². The maximum Gasteiger partial charge on any atom is 0.120 e. The van der Waals surface area contributed by atoms with Crippen LogP contribution in [0.4, 0.5) is 4.39 Å². The Bertz CT molecular complexity index is 764. The Balaban J connectivity index is 2.78. The number of allylic oxidation sites excluding steroid dienone is 11. The summed E-state index contributed by atoms with van der Waals surface area (Å²) in [5, 5.41) is 0. The normalized spacial score (nSPS) is 14.2.